The first kappa shape index (κ1) is 17.8. The molecule has 0 amide bonds. The third-order valence-electron chi connectivity index (χ3n) is 5.48. The Morgan fingerprint density at radius 2 is 2.16 bits per heavy atom. The third kappa shape index (κ3) is 3.33. The zero-order chi connectivity index (χ0) is 20.6. The van der Waals surface area contributed by atoms with Gasteiger partial charge in [0.25, 0.3) is 5.78 Å². The molecule has 6 rings (SSSR count). The van der Waals surface area contributed by atoms with Crippen LogP contribution in [0.1, 0.15) is 17.5 Å². The van der Waals surface area contributed by atoms with Gasteiger partial charge >= 0.3 is 0 Å². The molecule has 0 saturated heterocycles. The molecule has 0 aliphatic carbocycles. The summed E-state index contributed by atoms with van der Waals surface area (Å²) in [7, 11) is 0. The minimum Gasteiger partial charge on any atom is -0.493 e. The van der Waals surface area contributed by atoms with E-state index in [4.69, 9.17) is 9.57 Å². The fourth-order valence-electron chi connectivity index (χ4n) is 3.89. The second-order valence-corrected chi connectivity index (χ2v) is 7.51. The lowest BCUT2D eigenvalue weighted by Gasteiger charge is -2.13. The van der Waals surface area contributed by atoms with Crippen LogP contribution in [0.5, 0.6) is 5.75 Å². The molecule has 0 bridgehead atoms. The summed E-state index contributed by atoms with van der Waals surface area (Å²) in [5.41, 5.74) is 4.97. The van der Waals surface area contributed by atoms with E-state index in [1.165, 1.54) is 11.9 Å². The Hall–Kier alpha value is -4.01. The number of rotatable bonds is 5. The molecule has 154 valence electrons. The number of aromatic nitrogens is 5. The van der Waals surface area contributed by atoms with E-state index < -0.39 is 0 Å². The number of hydrogen-bond acceptors (Lipinski definition) is 8. The molecule has 1 N–H and O–H groups in total. The largest absolute Gasteiger partial charge is 0.493 e. The number of benzene rings is 1. The van der Waals surface area contributed by atoms with Gasteiger partial charge in [-0.1, -0.05) is 5.16 Å². The maximum atomic E-state index is 5.69. The van der Waals surface area contributed by atoms with Crippen molar-refractivity contribution in [1.29, 1.82) is 0 Å². The highest BCUT2D eigenvalue weighted by Crippen LogP contribution is 2.28. The molecule has 3 aromatic heterocycles. The number of pyridine rings is 1. The predicted octanol–water partition coefficient (Wildman–Crippen LogP) is 2.73. The highest BCUT2D eigenvalue weighted by Gasteiger charge is 2.24. The van der Waals surface area contributed by atoms with Crippen LogP contribution in [0.15, 0.2) is 60.3 Å². The highest BCUT2D eigenvalue weighted by atomic mass is 16.6. The van der Waals surface area contributed by atoms with Crippen LogP contribution in [0.4, 0.5) is 5.82 Å². The third-order valence-corrected chi connectivity index (χ3v) is 5.48. The Balaban J connectivity index is 1.18. The van der Waals surface area contributed by atoms with E-state index in [1.807, 2.05) is 30.3 Å². The van der Waals surface area contributed by atoms with Crippen molar-refractivity contribution in [3.63, 3.8) is 0 Å². The lowest BCUT2D eigenvalue weighted by Crippen LogP contribution is -2.21. The molecule has 2 aliphatic heterocycles. The zero-order valence-corrected chi connectivity index (χ0v) is 16.6. The molecule has 0 fully saturated rings. The van der Waals surface area contributed by atoms with Crippen molar-refractivity contribution >= 4 is 17.3 Å². The smallest absolute Gasteiger partial charge is 0.254 e. The van der Waals surface area contributed by atoms with Crippen LogP contribution in [-0.4, -0.2) is 49.5 Å². The summed E-state index contributed by atoms with van der Waals surface area (Å²) in [6, 6.07) is 12.0. The van der Waals surface area contributed by atoms with Crippen LogP contribution in [0.3, 0.4) is 0 Å². The van der Waals surface area contributed by atoms with Crippen molar-refractivity contribution in [2.45, 2.75) is 18.9 Å². The number of oxime groups is 1. The summed E-state index contributed by atoms with van der Waals surface area (Å²) in [5.74, 6) is 2.28. The molecule has 9 nitrogen and oxygen atoms in total. The maximum Gasteiger partial charge on any atom is 0.254 e. The Labute approximate surface area is 177 Å². The molecule has 9 heteroatoms. The Bertz CT molecular complexity index is 1290. The molecule has 2 aliphatic rings. The summed E-state index contributed by atoms with van der Waals surface area (Å²) in [6.45, 7) is 1.32. The van der Waals surface area contributed by atoms with Crippen molar-refractivity contribution in [3.8, 4) is 17.0 Å². The Morgan fingerprint density at radius 1 is 1.16 bits per heavy atom. The van der Waals surface area contributed by atoms with Gasteiger partial charge in [-0.15, -0.1) is 0 Å². The maximum absolute atomic E-state index is 5.69. The fourth-order valence-corrected chi connectivity index (χ4v) is 3.89. The number of nitrogens with zero attached hydrogens (tertiary/aromatic N) is 6. The summed E-state index contributed by atoms with van der Waals surface area (Å²) >= 11 is 0. The van der Waals surface area contributed by atoms with E-state index in [0.29, 0.717) is 12.3 Å². The van der Waals surface area contributed by atoms with Crippen LogP contribution < -0.4 is 10.1 Å². The van der Waals surface area contributed by atoms with Crippen LogP contribution in [0.2, 0.25) is 0 Å². The van der Waals surface area contributed by atoms with Gasteiger partial charge in [-0.3, -0.25) is 4.98 Å². The van der Waals surface area contributed by atoms with Gasteiger partial charge < -0.3 is 14.9 Å². The van der Waals surface area contributed by atoms with Gasteiger partial charge in [0.05, 0.1) is 24.6 Å². The Morgan fingerprint density at radius 3 is 3.10 bits per heavy atom. The molecule has 1 atom stereocenters. The lowest BCUT2D eigenvalue weighted by atomic mass is 10.0. The van der Waals surface area contributed by atoms with Gasteiger partial charge in [-0.2, -0.15) is 14.6 Å². The van der Waals surface area contributed by atoms with E-state index in [9.17, 15) is 0 Å². The molecule has 4 aromatic rings. The van der Waals surface area contributed by atoms with Gasteiger partial charge in [0.1, 0.15) is 24.0 Å². The topological polar surface area (TPSA) is 98.8 Å². The van der Waals surface area contributed by atoms with Crippen LogP contribution in [-0.2, 0) is 11.3 Å². The number of nitrogens with one attached hydrogen (secondary N) is 1. The normalized spacial score (nSPS) is 17.2. The molecule has 0 spiro atoms. The van der Waals surface area contributed by atoms with Crippen LogP contribution in [0, 0.1) is 0 Å². The van der Waals surface area contributed by atoms with E-state index in [0.717, 1.165) is 53.5 Å². The second kappa shape index (κ2) is 7.35. The van der Waals surface area contributed by atoms with Crippen molar-refractivity contribution < 1.29 is 9.57 Å². The van der Waals surface area contributed by atoms with Gasteiger partial charge in [-0.05, 0) is 41.5 Å². The molecule has 0 saturated carbocycles. The van der Waals surface area contributed by atoms with E-state index >= 15 is 0 Å². The molecule has 31 heavy (non-hydrogen) atoms. The van der Waals surface area contributed by atoms with Crippen molar-refractivity contribution in [3.05, 3.63) is 66.2 Å². The fraction of sp³-hybridized carbons (Fsp3) is 0.227. The first-order valence-electron chi connectivity index (χ1n) is 10.2. The van der Waals surface area contributed by atoms with Crippen molar-refractivity contribution in [1.82, 2.24) is 24.6 Å². The van der Waals surface area contributed by atoms with Crippen molar-refractivity contribution in [2.24, 2.45) is 5.16 Å². The van der Waals surface area contributed by atoms with Gasteiger partial charge in [0, 0.05) is 36.9 Å². The SMILES string of the molecule is c1cncc(-c2cc(NCC3CC(c4ccc5c(c4)CCO5)=NO3)n3ncnc3n2)c1. The Kier molecular flexibility index (Phi) is 4.22. The highest BCUT2D eigenvalue weighted by molar-refractivity contribution is 6.01. The van der Waals surface area contributed by atoms with E-state index in [2.05, 4.69) is 36.6 Å². The molecule has 5 heterocycles. The van der Waals surface area contributed by atoms with Gasteiger partial charge in [0.2, 0.25) is 0 Å². The molecule has 0 radical (unpaired) electrons. The molecule has 1 aromatic carbocycles. The van der Waals surface area contributed by atoms with E-state index in [1.54, 1.807) is 16.9 Å². The quantitative estimate of drug-likeness (QED) is 0.537. The average Bonchev–Trinajstić information content (AvgIpc) is 3.57. The monoisotopic (exact) mass is 413 g/mol. The number of anilines is 1. The molecule has 1 unspecified atom stereocenters. The number of hydrogen-bond donors (Lipinski definition) is 1. The minimum absolute atomic E-state index is 0.0758. The first-order valence-corrected chi connectivity index (χ1v) is 10.2. The van der Waals surface area contributed by atoms with Gasteiger partial charge in [0.15, 0.2) is 0 Å². The van der Waals surface area contributed by atoms with Gasteiger partial charge in [-0.25, -0.2) is 4.98 Å². The summed E-state index contributed by atoms with van der Waals surface area (Å²) in [6.07, 6.45) is 6.60. The number of fused-ring (bicyclic) bond motifs is 2. The molecular formula is C22H19N7O2. The minimum atomic E-state index is -0.0758. The standard InChI is InChI=1S/C22H19N7O2/c1-2-16(11-23-6-1)18-10-21(29-22(27-18)25-13-26-29)24-12-17-9-19(28-31-17)14-3-4-20-15(8-14)5-7-30-20/h1-4,6,8,10-11,13,17,24H,5,7,9,12H2. The predicted molar refractivity (Wildman–Crippen MR) is 114 cm³/mol. The summed E-state index contributed by atoms with van der Waals surface area (Å²) < 4.78 is 7.27. The zero-order valence-electron chi connectivity index (χ0n) is 16.6. The van der Waals surface area contributed by atoms with Crippen LogP contribution in [0.25, 0.3) is 17.0 Å². The van der Waals surface area contributed by atoms with Crippen LogP contribution >= 0.6 is 0 Å². The summed E-state index contributed by atoms with van der Waals surface area (Å²) in [5, 5.41) is 12.0. The lowest BCUT2D eigenvalue weighted by molar-refractivity contribution is 0.0948. The summed E-state index contributed by atoms with van der Waals surface area (Å²) in [4.78, 5) is 18.7. The van der Waals surface area contributed by atoms with Crippen molar-refractivity contribution in [2.75, 3.05) is 18.5 Å². The first-order chi connectivity index (χ1) is 15.3. The molecular weight excluding hydrogens is 394 g/mol. The average molecular weight is 413 g/mol. The number of ether oxygens (including phenoxy) is 1. The second-order valence-electron chi connectivity index (χ2n) is 7.51. The van der Waals surface area contributed by atoms with E-state index in [-0.39, 0.29) is 6.10 Å².